The topological polar surface area (TPSA) is 109 Å². The highest BCUT2D eigenvalue weighted by Gasteiger charge is 2.44. The summed E-state index contributed by atoms with van der Waals surface area (Å²) in [5.74, 6) is -2.18. The van der Waals surface area contributed by atoms with Crippen LogP contribution in [0.2, 0.25) is 0 Å². The predicted octanol–water partition coefficient (Wildman–Crippen LogP) is 2.49. The van der Waals surface area contributed by atoms with Crippen LogP contribution >= 0.6 is 0 Å². The number of nitrogens with one attached hydrogen (secondary N) is 1. The molecule has 2 N–H and O–H groups in total. The van der Waals surface area contributed by atoms with Crippen LogP contribution in [-0.4, -0.2) is 64.8 Å². The van der Waals surface area contributed by atoms with E-state index in [0.717, 1.165) is 30.8 Å². The lowest BCUT2D eigenvalue weighted by atomic mass is 9.88. The molecule has 0 radical (unpaired) electrons. The Kier molecular flexibility index (Phi) is 5.54. The first-order valence-electron chi connectivity index (χ1n) is 11.5. The number of aromatic nitrogens is 2. The summed E-state index contributed by atoms with van der Waals surface area (Å²) in [4.78, 5) is 35.8. The Labute approximate surface area is 194 Å². The molecule has 0 aromatic carbocycles. The van der Waals surface area contributed by atoms with Gasteiger partial charge in [-0.25, -0.2) is 18.6 Å². The van der Waals surface area contributed by atoms with Gasteiger partial charge in [-0.1, -0.05) is 12.1 Å². The Morgan fingerprint density at radius 2 is 2.18 bits per heavy atom. The summed E-state index contributed by atoms with van der Waals surface area (Å²) in [5.41, 5.74) is -0.968. The molecular formula is C23H27F2N5O4. The zero-order chi connectivity index (χ0) is 24.2. The average molecular weight is 475 g/mol. The van der Waals surface area contributed by atoms with Crippen molar-refractivity contribution in [3.8, 4) is 0 Å². The number of nitrogens with zero attached hydrogens (tertiary/aromatic N) is 4. The molecule has 3 heterocycles. The molecule has 2 saturated carbocycles. The molecule has 2 aliphatic carbocycles. The summed E-state index contributed by atoms with van der Waals surface area (Å²) >= 11 is 0. The Balaban J connectivity index is 1.57. The van der Waals surface area contributed by atoms with Crippen LogP contribution in [0.1, 0.15) is 49.5 Å². The van der Waals surface area contributed by atoms with Gasteiger partial charge in [0, 0.05) is 37.2 Å². The van der Waals surface area contributed by atoms with Crippen molar-refractivity contribution in [2.75, 3.05) is 31.1 Å². The lowest BCUT2D eigenvalue weighted by molar-refractivity contribution is 0.0694. The lowest BCUT2D eigenvalue weighted by Gasteiger charge is -2.25. The van der Waals surface area contributed by atoms with E-state index in [0.29, 0.717) is 25.7 Å². The van der Waals surface area contributed by atoms with Gasteiger partial charge in [0.15, 0.2) is 11.6 Å². The van der Waals surface area contributed by atoms with E-state index < -0.39 is 40.4 Å². The van der Waals surface area contributed by atoms with E-state index in [2.05, 4.69) is 15.5 Å². The average Bonchev–Trinajstić information content (AvgIpc) is 3.71. The molecule has 2 aromatic rings. The van der Waals surface area contributed by atoms with Crippen LogP contribution in [0.3, 0.4) is 0 Å². The molecule has 1 aliphatic heterocycles. The summed E-state index contributed by atoms with van der Waals surface area (Å²) < 4.78 is 30.6. The summed E-state index contributed by atoms with van der Waals surface area (Å²) in [6, 6.07) is 0.865. The number of oxime groups is 1. The first-order valence-corrected chi connectivity index (χ1v) is 11.5. The van der Waals surface area contributed by atoms with Crippen molar-refractivity contribution >= 4 is 28.5 Å². The lowest BCUT2D eigenvalue weighted by Crippen LogP contribution is -2.39. The largest absolute Gasteiger partial charge is 0.477 e. The number of pyridine rings is 2. The smallest absolute Gasteiger partial charge is 0.341 e. The number of hydrogen-bond donors (Lipinski definition) is 2. The zero-order valence-electron chi connectivity index (χ0n) is 19.1. The molecule has 9 nitrogen and oxygen atoms in total. The van der Waals surface area contributed by atoms with Crippen molar-refractivity contribution < 1.29 is 23.5 Å². The van der Waals surface area contributed by atoms with Gasteiger partial charge < -0.3 is 24.7 Å². The number of carboxylic acids is 1. The van der Waals surface area contributed by atoms with Crippen LogP contribution in [-0.2, 0) is 4.84 Å². The minimum atomic E-state index is -1.45. The second kappa shape index (κ2) is 8.30. The summed E-state index contributed by atoms with van der Waals surface area (Å²) in [6.45, 7) is 5.62. The van der Waals surface area contributed by atoms with Gasteiger partial charge in [-0.3, -0.25) is 4.79 Å². The number of carboxylic acid groups (broad SMARTS) is 1. The van der Waals surface area contributed by atoms with Gasteiger partial charge in [0.1, 0.15) is 24.0 Å². The second-order valence-corrected chi connectivity index (χ2v) is 9.60. The third kappa shape index (κ3) is 4.02. The van der Waals surface area contributed by atoms with Crippen LogP contribution in [0.4, 0.5) is 14.6 Å². The molecule has 11 heteroatoms. The third-order valence-electron chi connectivity index (χ3n) is 6.75. The number of rotatable bonds is 8. The SMILES string of the molecule is CCO/N=C1/CN(c2nc3c(cc2F)c(=O)c(C(=O)O)cn3[C@@H]2C[C@@H]2F)CC1(C)CNC1CC1. The first-order chi connectivity index (χ1) is 16.2. The van der Waals surface area contributed by atoms with Gasteiger partial charge in [0.2, 0.25) is 5.43 Å². The number of anilines is 1. The Morgan fingerprint density at radius 1 is 1.44 bits per heavy atom. The quantitative estimate of drug-likeness (QED) is 0.565. The minimum absolute atomic E-state index is 0.0131. The van der Waals surface area contributed by atoms with Gasteiger partial charge in [0.25, 0.3) is 0 Å². The highest BCUT2D eigenvalue weighted by molar-refractivity contribution is 5.97. The molecule has 1 unspecified atom stereocenters. The minimum Gasteiger partial charge on any atom is -0.477 e. The standard InChI is InChI=1S/C23H27F2N5O4/c1-3-34-28-18-9-29(11-23(18,2)10-26-12-4-5-12)21-16(25)6-13-19(31)14(22(32)33)8-30(20(13)27-21)17-7-15(17)24/h6,8,12,15,17,26H,3-5,7,9-11H2,1-2H3,(H,32,33)/b28-18-/t15-,17+,23?/m0/s1. The zero-order valence-corrected chi connectivity index (χ0v) is 19.1. The Hall–Kier alpha value is -3.08. The van der Waals surface area contributed by atoms with E-state index in [1.54, 1.807) is 4.90 Å². The number of aromatic carboxylic acids is 1. The maximum Gasteiger partial charge on any atom is 0.341 e. The van der Waals surface area contributed by atoms with Crippen molar-refractivity contribution in [2.24, 2.45) is 10.6 Å². The highest BCUT2D eigenvalue weighted by Crippen LogP contribution is 2.41. The van der Waals surface area contributed by atoms with Gasteiger partial charge >= 0.3 is 5.97 Å². The second-order valence-electron chi connectivity index (χ2n) is 9.60. The monoisotopic (exact) mass is 475 g/mol. The molecule has 5 rings (SSSR count). The Bertz CT molecular complexity index is 1240. The molecule has 3 aliphatic rings. The molecule has 0 spiro atoms. The number of fused-ring (bicyclic) bond motifs is 1. The van der Waals surface area contributed by atoms with Crippen molar-refractivity contribution in [1.29, 1.82) is 0 Å². The number of hydrogen-bond acceptors (Lipinski definition) is 7. The summed E-state index contributed by atoms with van der Waals surface area (Å²) in [6.07, 6.45) is 2.39. The van der Waals surface area contributed by atoms with Crippen LogP contribution in [0, 0.1) is 11.2 Å². The molecule has 34 heavy (non-hydrogen) atoms. The van der Waals surface area contributed by atoms with Gasteiger partial charge in [-0.2, -0.15) is 0 Å². The van der Waals surface area contributed by atoms with Gasteiger partial charge in [-0.15, -0.1) is 0 Å². The number of carbonyl (C=O) groups is 1. The molecule has 182 valence electrons. The summed E-state index contributed by atoms with van der Waals surface area (Å²) in [7, 11) is 0. The van der Waals surface area contributed by atoms with Crippen molar-refractivity contribution in [3.05, 3.63) is 33.9 Å². The fraction of sp³-hybridized carbons (Fsp3) is 0.565. The molecular weight excluding hydrogens is 448 g/mol. The van der Waals surface area contributed by atoms with Crippen molar-refractivity contribution in [1.82, 2.24) is 14.9 Å². The van der Waals surface area contributed by atoms with Gasteiger partial charge in [-0.05, 0) is 25.8 Å². The first kappa shape index (κ1) is 22.7. The summed E-state index contributed by atoms with van der Waals surface area (Å²) in [5, 5.41) is 17.0. The highest BCUT2D eigenvalue weighted by atomic mass is 19.1. The van der Waals surface area contributed by atoms with Crippen LogP contribution in [0.25, 0.3) is 11.0 Å². The van der Waals surface area contributed by atoms with Crippen molar-refractivity contribution in [2.45, 2.75) is 51.4 Å². The maximum atomic E-state index is 15.3. The number of halogens is 2. The molecule has 2 aromatic heterocycles. The maximum absolute atomic E-state index is 15.3. The normalized spacial score (nSPS) is 27.5. The van der Waals surface area contributed by atoms with E-state index >= 15 is 4.39 Å². The predicted molar refractivity (Wildman–Crippen MR) is 122 cm³/mol. The van der Waals surface area contributed by atoms with E-state index in [-0.39, 0.29) is 29.8 Å². The van der Waals surface area contributed by atoms with Crippen LogP contribution in [0.5, 0.6) is 0 Å². The van der Waals surface area contributed by atoms with Crippen molar-refractivity contribution in [3.63, 3.8) is 0 Å². The van der Waals surface area contributed by atoms with E-state index in [9.17, 15) is 19.1 Å². The Morgan fingerprint density at radius 3 is 2.79 bits per heavy atom. The number of alkyl halides is 1. The molecule has 1 saturated heterocycles. The van der Waals surface area contributed by atoms with Crippen LogP contribution in [0.15, 0.2) is 22.2 Å². The van der Waals surface area contributed by atoms with E-state index in [1.807, 2.05) is 13.8 Å². The van der Waals surface area contributed by atoms with Gasteiger partial charge in [0.05, 0.1) is 23.7 Å². The molecule has 0 bridgehead atoms. The molecule has 3 fully saturated rings. The molecule has 3 atom stereocenters. The molecule has 0 amide bonds. The third-order valence-corrected chi connectivity index (χ3v) is 6.75. The van der Waals surface area contributed by atoms with E-state index in [1.165, 1.54) is 4.57 Å². The van der Waals surface area contributed by atoms with E-state index in [4.69, 9.17) is 4.84 Å². The van der Waals surface area contributed by atoms with Crippen LogP contribution < -0.4 is 15.6 Å². The fourth-order valence-corrected chi connectivity index (χ4v) is 4.49. The fourth-order valence-electron chi connectivity index (χ4n) is 4.49.